The second-order valence-corrected chi connectivity index (χ2v) is 7.99. The number of rotatable bonds is 5. The standard InChI is InChI=1S/C23H18BrNO4/c24-16-9-10-17(19(26)12-16)20(27)13-23(29)21-15(11-14-5-2-1-3-6-14)7-4-8-18(21)25-22(23)28/h1-10,12,26,29H,11,13H2,(H,25,28). The molecule has 1 amide bonds. The summed E-state index contributed by atoms with van der Waals surface area (Å²) < 4.78 is 0.624. The van der Waals surface area contributed by atoms with E-state index in [1.54, 1.807) is 12.1 Å². The van der Waals surface area contributed by atoms with Crippen LogP contribution in [0.5, 0.6) is 5.75 Å². The van der Waals surface area contributed by atoms with E-state index in [-0.39, 0.29) is 11.3 Å². The lowest BCUT2D eigenvalue weighted by Gasteiger charge is -2.23. The van der Waals surface area contributed by atoms with Gasteiger partial charge in [0.2, 0.25) is 0 Å². The number of anilines is 1. The maximum absolute atomic E-state index is 12.8. The van der Waals surface area contributed by atoms with Crippen LogP contribution in [0.4, 0.5) is 5.69 Å². The first-order chi connectivity index (χ1) is 13.9. The molecule has 3 aromatic rings. The lowest BCUT2D eigenvalue weighted by atomic mass is 9.83. The number of amides is 1. The molecule has 1 unspecified atom stereocenters. The third-order valence-electron chi connectivity index (χ3n) is 5.10. The molecule has 0 fully saturated rings. The van der Waals surface area contributed by atoms with E-state index in [0.29, 0.717) is 22.1 Å². The Hall–Kier alpha value is -2.96. The van der Waals surface area contributed by atoms with E-state index in [0.717, 1.165) is 11.1 Å². The molecule has 0 aliphatic carbocycles. The van der Waals surface area contributed by atoms with E-state index in [9.17, 15) is 19.8 Å². The van der Waals surface area contributed by atoms with Crippen LogP contribution in [0.1, 0.15) is 33.5 Å². The van der Waals surface area contributed by atoms with E-state index in [4.69, 9.17) is 0 Å². The summed E-state index contributed by atoms with van der Waals surface area (Å²) in [5.41, 5.74) is 0.764. The second kappa shape index (κ2) is 7.46. The number of hydrogen-bond donors (Lipinski definition) is 3. The molecule has 6 heteroatoms. The molecule has 0 aromatic heterocycles. The minimum atomic E-state index is -2.00. The molecule has 1 atom stereocenters. The van der Waals surface area contributed by atoms with Gasteiger partial charge in [-0.25, -0.2) is 0 Å². The third kappa shape index (κ3) is 3.57. The Morgan fingerprint density at radius 1 is 1.03 bits per heavy atom. The van der Waals surface area contributed by atoms with E-state index >= 15 is 0 Å². The molecule has 4 rings (SSSR count). The normalized spacial score (nSPS) is 17.7. The van der Waals surface area contributed by atoms with Gasteiger partial charge in [0.25, 0.3) is 5.91 Å². The number of phenols is 1. The van der Waals surface area contributed by atoms with Gasteiger partial charge < -0.3 is 15.5 Å². The summed E-state index contributed by atoms with van der Waals surface area (Å²) in [7, 11) is 0. The SMILES string of the molecule is O=C(CC1(O)C(=O)Nc2cccc(Cc3ccccc3)c21)c1ccc(Br)cc1O. The van der Waals surface area contributed by atoms with Gasteiger partial charge in [0.05, 0.1) is 12.0 Å². The molecule has 3 N–H and O–H groups in total. The number of halogens is 1. The zero-order chi connectivity index (χ0) is 20.6. The van der Waals surface area contributed by atoms with Crippen molar-refractivity contribution in [2.45, 2.75) is 18.4 Å². The van der Waals surface area contributed by atoms with Crippen LogP contribution < -0.4 is 5.32 Å². The highest BCUT2D eigenvalue weighted by Crippen LogP contribution is 2.42. The van der Waals surface area contributed by atoms with Gasteiger partial charge in [-0.1, -0.05) is 58.4 Å². The molecule has 5 nitrogen and oxygen atoms in total. The van der Waals surface area contributed by atoms with Crippen LogP contribution in [0.3, 0.4) is 0 Å². The zero-order valence-electron chi connectivity index (χ0n) is 15.4. The molecule has 0 saturated carbocycles. The average molecular weight is 452 g/mol. The maximum atomic E-state index is 12.8. The minimum absolute atomic E-state index is 0.0587. The topological polar surface area (TPSA) is 86.6 Å². The predicted molar refractivity (Wildman–Crippen MR) is 113 cm³/mol. The first kappa shape index (κ1) is 19.4. The number of hydrogen-bond acceptors (Lipinski definition) is 4. The van der Waals surface area contributed by atoms with Crippen LogP contribution in [0.25, 0.3) is 0 Å². The van der Waals surface area contributed by atoms with Gasteiger partial charge in [-0.2, -0.15) is 0 Å². The van der Waals surface area contributed by atoms with Crippen molar-refractivity contribution >= 4 is 33.3 Å². The number of aromatic hydroxyl groups is 1. The van der Waals surface area contributed by atoms with Crippen molar-refractivity contribution in [2.24, 2.45) is 0 Å². The monoisotopic (exact) mass is 451 g/mol. The van der Waals surface area contributed by atoms with Gasteiger partial charge in [-0.3, -0.25) is 9.59 Å². The van der Waals surface area contributed by atoms with Crippen LogP contribution in [0, 0.1) is 0 Å². The number of phenolic OH excluding ortho intramolecular Hbond substituents is 1. The quantitative estimate of drug-likeness (QED) is 0.508. The van der Waals surface area contributed by atoms with Gasteiger partial charge in [0.1, 0.15) is 5.75 Å². The summed E-state index contributed by atoms with van der Waals surface area (Å²) in [6.45, 7) is 0. The van der Waals surface area contributed by atoms with Crippen molar-refractivity contribution in [1.82, 2.24) is 0 Å². The van der Waals surface area contributed by atoms with Gasteiger partial charge >= 0.3 is 0 Å². The van der Waals surface area contributed by atoms with Crippen LogP contribution in [0.15, 0.2) is 71.2 Å². The Morgan fingerprint density at radius 3 is 2.52 bits per heavy atom. The van der Waals surface area contributed by atoms with E-state index < -0.39 is 23.7 Å². The number of benzene rings is 3. The first-order valence-corrected chi connectivity index (χ1v) is 9.89. The smallest absolute Gasteiger partial charge is 0.261 e. The lowest BCUT2D eigenvalue weighted by molar-refractivity contribution is -0.133. The third-order valence-corrected chi connectivity index (χ3v) is 5.60. The number of carbonyl (C=O) groups excluding carboxylic acids is 2. The Bertz CT molecular complexity index is 1110. The van der Waals surface area contributed by atoms with Crippen molar-refractivity contribution in [3.05, 3.63) is 93.5 Å². The molecule has 3 aromatic carbocycles. The minimum Gasteiger partial charge on any atom is -0.507 e. The molecular weight excluding hydrogens is 434 g/mol. The van der Waals surface area contributed by atoms with Crippen LogP contribution in [-0.2, 0) is 16.8 Å². The van der Waals surface area contributed by atoms with Crippen LogP contribution in [-0.4, -0.2) is 21.9 Å². The summed E-state index contributed by atoms with van der Waals surface area (Å²) in [5.74, 6) is -1.36. The van der Waals surface area contributed by atoms with Gasteiger partial charge in [0.15, 0.2) is 11.4 Å². The Balaban J connectivity index is 1.72. The zero-order valence-corrected chi connectivity index (χ0v) is 16.9. The molecule has 0 spiro atoms. The fourth-order valence-electron chi connectivity index (χ4n) is 3.73. The average Bonchev–Trinajstić information content (AvgIpc) is 2.93. The second-order valence-electron chi connectivity index (χ2n) is 7.08. The van der Waals surface area contributed by atoms with E-state index in [2.05, 4.69) is 21.2 Å². The van der Waals surface area contributed by atoms with Crippen molar-refractivity contribution < 1.29 is 19.8 Å². The number of ketones is 1. The summed E-state index contributed by atoms with van der Waals surface area (Å²) in [6, 6.07) is 19.6. The molecule has 1 aliphatic heterocycles. The molecule has 1 heterocycles. The Morgan fingerprint density at radius 2 is 1.79 bits per heavy atom. The summed E-state index contributed by atoms with van der Waals surface area (Å²) in [5, 5.41) is 24.1. The highest BCUT2D eigenvalue weighted by molar-refractivity contribution is 9.10. The fourth-order valence-corrected chi connectivity index (χ4v) is 4.08. The number of aliphatic hydroxyl groups is 1. The maximum Gasteiger partial charge on any atom is 0.261 e. The first-order valence-electron chi connectivity index (χ1n) is 9.10. The van der Waals surface area contributed by atoms with Crippen molar-refractivity contribution in [2.75, 3.05) is 5.32 Å². The van der Waals surface area contributed by atoms with Gasteiger partial charge in [-0.05, 0) is 41.8 Å². The van der Waals surface area contributed by atoms with Crippen molar-refractivity contribution in [3.63, 3.8) is 0 Å². The van der Waals surface area contributed by atoms with E-state index in [1.165, 1.54) is 12.1 Å². The number of Topliss-reactive ketones (excluding diaryl/α,β-unsaturated/α-hetero) is 1. The van der Waals surface area contributed by atoms with Crippen molar-refractivity contribution in [3.8, 4) is 5.75 Å². The molecule has 29 heavy (non-hydrogen) atoms. The van der Waals surface area contributed by atoms with Crippen LogP contribution in [0.2, 0.25) is 0 Å². The van der Waals surface area contributed by atoms with Gasteiger partial charge in [0, 0.05) is 15.7 Å². The molecule has 0 bridgehead atoms. The van der Waals surface area contributed by atoms with Crippen molar-refractivity contribution in [1.29, 1.82) is 0 Å². The lowest BCUT2D eigenvalue weighted by Crippen LogP contribution is -2.37. The Kier molecular flexibility index (Phi) is 4.98. The summed E-state index contributed by atoms with van der Waals surface area (Å²) in [4.78, 5) is 25.5. The molecule has 1 aliphatic rings. The summed E-state index contributed by atoms with van der Waals surface area (Å²) in [6.07, 6.45) is 0.0475. The Labute approximate surface area is 176 Å². The van der Waals surface area contributed by atoms with Gasteiger partial charge in [-0.15, -0.1) is 0 Å². The van der Waals surface area contributed by atoms with Crippen LogP contribution >= 0.6 is 15.9 Å². The highest BCUT2D eigenvalue weighted by atomic mass is 79.9. The molecule has 0 radical (unpaired) electrons. The molecule has 0 saturated heterocycles. The van der Waals surface area contributed by atoms with E-state index in [1.807, 2.05) is 42.5 Å². The number of carbonyl (C=O) groups is 2. The summed E-state index contributed by atoms with van der Waals surface area (Å²) >= 11 is 3.23. The number of nitrogens with one attached hydrogen (secondary N) is 1. The molecular formula is C23H18BrNO4. The molecule has 146 valence electrons. The predicted octanol–water partition coefficient (Wildman–Crippen LogP) is 4.16. The largest absolute Gasteiger partial charge is 0.507 e. The fraction of sp³-hybridized carbons (Fsp3) is 0.130. The number of fused-ring (bicyclic) bond motifs is 1. The highest BCUT2D eigenvalue weighted by Gasteiger charge is 2.48.